The number of hydrogen-bond donors (Lipinski definition) is 2. The Morgan fingerprint density at radius 3 is 2.65 bits per heavy atom. The summed E-state index contributed by atoms with van der Waals surface area (Å²) in [5, 5.41) is 11.4. The van der Waals surface area contributed by atoms with Crippen molar-refractivity contribution in [3.8, 4) is 5.75 Å². The van der Waals surface area contributed by atoms with Crippen molar-refractivity contribution in [1.82, 2.24) is 5.32 Å². The number of benzene rings is 1. The van der Waals surface area contributed by atoms with Crippen molar-refractivity contribution in [3.05, 3.63) is 29.8 Å². The number of carbonyl (C=O) groups excluding carboxylic acids is 2. The number of carbonyl (C=O) groups is 2. The standard InChI is InChI=1S/C14H19NO5/c1-9-5-4-6-11(7-9)20-10(2)13(17)15-12(8-16)14(18)19-3/h4-7,10,12,16H,8H2,1-3H3,(H,15,17). The Bertz CT molecular complexity index is 474. The summed E-state index contributed by atoms with van der Waals surface area (Å²) < 4.78 is 9.93. The number of aryl methyl sites for hydroxylation is 1. The van der Waals surface area contributed by atoms with E-state index in [4.69, 9.17) is 9.84 Å². The highest BCUT2D eigenvalue weighted by Crippen LogP contribution is 2.14. The van der Waals surface area contributed by atoms with Crippen molar-refractivity contribution in [2.24, 2.45) is 0 Å². The zero-order chi connectivity index (χ0) is 15.1. The van der Waals surface area contributed by atoms with Crippen LogP contribution in [0.3, 0.4) is 0 Å². The Labute approximate surface area is 117 Å². The second-order valence-corrected chi connectivity index (χ2v) is 4.34. The molecule has 0 bridgehead atoms. The van der Waals surface area contributed by atoms with E-state index in [9.17, 15) is 9.59 Å². The number of rotatable bonds is 6. The SMILES string of the molecule is COC(=O)C(CO)NC(=O)C(C)Oc1cccc(C)c1. The normalized spacial score (nSPS) is 13.2. The van der Waals surface area contributed by atoms with Crippen molar-refractivity contribution in [2.75, 3.05) is 13.7 Å². The third-order valence-electron chi connectivity index (χ3n) is 2.66. The van der Waals surface area contributed by atoms with E-state index in [-0.39, 0.29) is 0 Å². The Morgan fingerprint density at radius 2 is 2.10 bits per heavy atom. The summed E-state index contributed by atoms with van der Waals surface area (Å²) in [4.78, 5) is 23.1. The number of hydrogen-bond acceptors (Lipinski definition) is 5. The van der Waals surface area contributed by atoms with Gasteiger partial charge in [0, 0.05) is 0 Å². The Hall–Kier alpha value is -2.08. The minimum absolute atomic E-state index is 0.504. The van der Waals surface area contributed by atoms with Crippen LogP contribution in [0, 0.1) is 6.92 Å². The van der Waals surface area contributed by atoms with Gasteiger partial charge in [-0.15, -0.1) is 0 Å². The van der Waals surface area contributed by atoms with Crippen molar-refractivity contribution >= 4 is 11.9 Å². The predicted octanol–water partition coefficient (Wildman–Crippen LogP) is 0.412. The highest BCUT2D eigenvalue weighted by atomic mass is 16.5. The minimum atomic E-state index is -1.09. The molecule has 0 saturated heterocycles. The number of aliphatic hydroxyl groups is 1. The number of ether oxygens (including phenoxy) is 2. The summed E-state index contributed by atoms with van der Waals surface area (Å²) in [6.07, 6.45) is -0.796. The highest BCUT2D eigenvalue weighted by Gasteiger charge is 2.24. The quantitative estimate of drug-likeness (QED) is 0.738. The number of amides is 1. The monoisotopic (exact) mass is 281 g/mol. The van der Waals surface area contributed by atoms with Gasteiger partial charge in [-0.1, -0.05) is 12.1 Å². The number of methoxy groups -OCH3 is 1. The molecule has 20 heavy (non-hydrogen) atoms. The van der Waals surface area contributed by atoms with Crippen molar-refractivity contribution < 1.29 is 24.2 Å². The first-order chi connectivity index (χ1) is 9.47. The zero-order valence-electron chi connectivity index (χ0n) is 11.8. The molecule has 0 aromatic heterocycles. The molecule has 0 aliphatic carbocycles. The molecule has 1 aromatic rings. The van der Waals surface area contributed by atoms with Crippen LogP contribution in [-0.4, -0.2) is 42.8 Å². The maximum absolute atomic E-state index is 11.9. The lowest BCUT2D eigenvalue weighted by molar-refractivity contribution is -0.147. The predicted molar refractivity (Wildman–Crippen MR) is 72.3 cm³/mol. The van der Waals surface area contributed by atoms with Crippen molar-refractivity contribution in [1.29, 1.82) is 0 Å². The average Bonchev–Trinajstić information content (AvgIpc) is 2.43. The lowest BCUT2D eigenvalue weighted by Gasteiger charge is -2.18. The van der Waals surface area contributed by atoms with Crippen LogP contribution in [0.5, 0.6) is 5.75 Å². The molecule has 2 N–H and O–H groups in total. The van der Waals surface area contributed by atoms with E-state index in [0.717, 1.165) is 5.56 Å². The smallest absolute Gasteiger partial charge is 0.330 e. The molecule has 0 aliphatic rings. The molecule has 110 valence electrons. The van der Waals surface area contributed by atoms with Gasteiger partial charge < -0.3 is 19.9 Å². The summed E-state index contributed by atoms with van der Waals surface area (Å²) in [5.74, 6) is -0.647. The van der Waals surface area contributed by atoms with Crippen LogP contribution in [0.25, 0.3) is 0 Å². The molecule has 0 spiro atoms. The van der Waals surface area contributed by atoms with Crippen LogP contribution >= 0.6 is 0 Å². The van der Waals surface area contributed by atoms with Gasteiger partial charge in [0.15, 0.2) is 12.1 Å². The fourth-order valence-corrected chi connectivity index (χ4v) is 1.56. The van der Waals surface area contributed by atoms with E-state index in [1.165, 1.54) is 7.11 Å². The van der Waals surface area contributed by atoms with E-state index >= 15 is 0 Å². The van der Waals surface area contributed by atoms with Gasteiger partial charge in [0.1, 0.15) is 5.75 Å². The van der Waals surface area contributed by atoms with Crippen LogP contribution in [0.4, 0.5) is 0 Å². The fourth-order valence-electron chi connectivity index (χ4n) is 1.56. The first-order valence-electron chi connectivity index (χ1n) is 6.20. The second kappa shape index (κ2) is 7.49. The number of aliphatic hydroxyl groups excluding tert-OH is 1. The third kappa shape index (κ3) is 4.55. The van der Waals surface area contributed by atoms with Crippen LogP contribution < -0.4 is 10.1 Å². The van der Waals surface area contributed by atoms with Gasteiger partial charge in [-0.05, 0) is 31.5 Å². The highest BCUT2D eigenvalue weighted by molar-refractivity contribution is 5.87. The van der Waals surface area contributed by atoms with Crippen LogP contribution in [0.15, 0.2) is 24.3 Å². The van der Waals surface area contributed by atoms with E-state index in [2.05, 4.69) is 10.1 Å². The molecule has 1 aromatic carbocycles. The Balaban J connectivity index is 2.60. The molecule has 0 radical (unpaired) electrons. The maximum Gasteiger partial charge on any atom is 0.330 e. The molecule has 6 heteroatoms. The second-order valence-electron chi connectivity index (χ2n) is 4.34. The van der Waals surface area contributed by atoms with E-state index in [1.807, 2.05) is 19.1 Å². The summed E-state index contributed by atoms with van der Waals surface area (Å²) in [6, 6.07) is 6.18. The summed E-state index contributed by atoms with van der Waals surface area (Å²) >= 11 is 0. The third-order valence-corrected chi connectivity index (χ3v) is 2.66. The first kappa shape index (κ1) is 16.0. The molecule has 2 unspecified atom stereocenters. The van der Waals surface area contributed by atoms with Gasteiger partial charge in [0.2, 0.25) is 0 Å². The molecule has 1 amide bonds. The molecular formula is C14H19NO5. The zero-order valence-corrected chi connectivity index (χ0v) is 11.8. The average molecular weight is 281 g/mol. The van der Waals surface area contributed by atoms with Gasteiger partial charge in [-0.25, -0.2) is 4.79 Å². The first-order valence-corrected chi connectivity index (χ1v) is 6.20. The van der Waals surface area contributed by atoms with E-state index < -0.39 is 30.6 Å². The lowest BCUT2D eigenvalue weighted by atomic mass is 10.2. The largest absolute Gasteiger partial charge is 0.481 e. The van der Waals surface area contributed by atoms with E-state index in [1.54, 1.807) is 19.1 Å². The van der Waals surface area contributed by atoms with Crippen LogP contribution in [0.1, 0.15) is 12.5 Å². The van der Waals surface area contributed by atoms with Crippen molar-refractivity contribution in [2.45, 2.75) is 26.0 Å². The maximum atomic E-state index is 11.9. The molecule has 0 heterocycles. The summed E-state index contributed by atoms with van der Waals surface area (Å²) in [7, 11) is 1.18. The van der Waals surface area contributed by atoms with E-state index in [0.29, 0.717) is 5.75 Å². The molecule has 6 nitrogen and oxygen atoms in total. The molecule has 1 rings (SSSR count). The molecule has 0 aliphatic heterocycles. The molecular weight excluding hydrogens is 262 g/mol. The molecule has 0 saturated carbocycles. The topological polar surface area (TPSA) is 84.9 Å². The molecule has 0 fully saturated rings. The summed E-state index contributed by atoms with van der Waals surface area (Å²) in [6.45, 7) is 2.94. The van der Waals surface area contributed by atoms with Gasteiger partial charge in [0.25, 0.3) is 5.91 Å². The summed E-state index contributed by atoms with van der Waals surface area (Å²) in [5.41, 5.74) is 1.01. The number of nitrogens with one attached hydrogen (secondary N) is 1. The van der Waals surface area contributed by atoms with Gasteiger partial charge in [0.05, 0.1) is 13.7 Å². The number of esters is 1. The van der Waals surface area contributed by atoms with Crippen LogP contribution in [-0.2, 0) is 14.3 Å². The Kier molecular flexibility index (Phi) is 5.99. The lowest BCUT2D eigenvalue weighted by Crippen LogP contribution is -2.48. The van der Waals surface area contributed by atoms with Crippen molar-refractivity contribution in [3.63, 3.8) is 0 Å². The Morgan fingerprint density at radius 1 is 1.40 bits per heavy atom. The van der Waals surface area contributed by atoms with Crippen LogP contribution in [0.2, 0.25) is 0 Å². The van der Waals surface area contributed by atoms with Gasteiger partial charge in [-0.3, -0.25) is 4.79 Å². The van der Waals surface area contributed by atoms with Gasteiger partial charge in [-0.2, -0.15) is 0 Å². The fraction of sp³-hybridized carbons (Fsp3) is 0.429. The minimum Gasteiger partial charge on any atom is -0.481 e. The van der Waals surface area contributed by atoms with Gasteiger partial charge >= 0.3 is 5.97 Å². The molecule has 2 atom stereocenters.